The van der Waals surface area contributed by atoms with Gasteiger partial charge in [-0.1, -0.05) is 6.07 Å². The number of aryl methyl sites for hydroxylation is 2. The number of ether oxygens (including phenoxy) is 2. The summed E-state index contributed by atoms with van der Waals surface area (Å²) in [4.78, 5) is 11.6. The van der Waals surface area contributed by atoms with Gasteiger partial charge in [0.1, 0.15) is 11.4 Å². The molecule has 0 amide bonds. The normalized spacial score (nSPS) is 14.8. The molecule has 0 radical (unpaired) electrons. The molecular weight excluding hydrogens is 228 g/mol. The van der Waals surface area contributed by atoms with E-state index in [0.29, 0.717) is 5.75 Å². The summed E-state index contributed by atoms with van der Waals surface area (Å²) in [6.45, 7) is 5.46. The summed E-state index contributed by atoms with van der Waals surface area (Å²) in [6, 6.07) is 5.85. The van der Waals surface area contributed by atoms with Gasteiger partial charge in [-0.2, -0.15) is 0 Å². The number of rotatable bonds is 1. The lowest BCUT2D eigenvalue weighted by atomic mass is 9.92. The third-order valence-electron chi connectivity index (χ3n) is 2.91. The second kappa shape index (κ2) is 5.01. The van der Waals surface area contributed by atoms with Gasteiger partial charge in [0.05, 0.1) is 0 Å². The Balaban J connectivity index is 2.04. The van der Waals surface area contributed by atoms with Crippen LogP contribution in [0, 0.1) is 0 Å². The van der Waals surface area contributed by atoms with Crippen molar-refractivity contribution >= 4 is 6.16 Å². The molecule has 3 heteroatoms. The maximum absolute atomic E-state index is 11.6. The van der Waals surface area contributed by atoms with Crippen molar-refractivity contribution in [1.82, 2.24) is 0 Å². The molecule has 0 spiro atoms. The van der Waals surface area contributed by atoms with Gasteiger partial charge in [-0.25, -0.2) is 4.79 Å². The van der Waals surface area contributed by atoms with Gasteiger partial charge < -0.3 is 9.47 Å². The second-order valence-electron chi connectivity index (χ2n) is 5.70. The molecule has 1 aromatic carbocycles. The summed E-state index contributed by atoms with van der Waals surface area (Å²) >= 11 is 0. The zero-order valence-corrected chi connectivity index (χ0v) is 11.3. The minimum Gasteiger partial charge on any atom is -0.428 e. The van der Waals surface area contributed by atoms with Crippen LogP contribution in [0.5, 0.6) is 5.75 Å². The summed E-state index contributed by atoms with van der Waals surface area (Å²) in [6.07, 6.45) is 4.02. The average Bonchev–Trinajstić information content (AvgIpc) is 2.26. The van der Waals surface area contributed by atoms with Gasteiger partial charge in [-0.05, 0) is 69.7 Å². The first-order valence-electron chi connectivity index (χ1n) is 6.47. The lowest BCUT2D eigenvalue weighted by molar-refractivity contribution is 0.0206. The molecule has 0 aromatic heterocycles. The quantitative estimate of drug-likeness (QED) is 0.559. The van der Waals surface area contributed by atoms with Crippen LogP contribution in [0.3, 0.4) is 0 Å². The fraction of sp³-hybridized carbons (Fsp3) is 0.533. The number of carbonyl (C=O) groups is 1. The first-order chi connectivity index (χ1) is 8.44. The second-order valence-corrected chi connectivity index (χ2v) is 5.70. The number of hydrogen-bond donors (Lipinski definition) is 0. The van der Waals surface area contributed by atoms with Crippen LogP contribution in [0.4, 0.5) is 4.79 Å². The van der Waals surface area contributed by atoms with E-state index in [4.69, 9.17) is 9.47 Å². The van der Waals surface area contributed by atoms with Gasteiger partial charge in [0.25, 0.3) is 0 Å². The Hall–Kier alpha value is -1.51. The highest BCUT2D eigenvalue weighted by Gasteiger charge is 2.18. The molecular formula is C15H20O3. The maximum Gasteiger partial charge on any atom is 0.514 e. The van der Waals surface area contributed by atoms with E-state index in [9.17, 15) is 4.79 Å². The predicted octanol–water partition coefficient (Wildman–Crippen LogP) is 3.88. The van der Waals surface area contributed by atoms with Crippen molar-refractivity contribution in [1.29, 1.82) is 0 Å². The molecule has 98 valence electrons. The molecule has 0 bridgehead atoms. The van der Waals surface area contributed by atoms with Gasteiger partial charge in [0, 0.05) is 0 Å². The van der Waals surface area contributed by atoms with E-state index in [1.54, 1.807) is 0 Å². The molecule has 1 aliphatic rings. The van der Waals surface area contributed by atoms with Crippen LogP contribution in [0.25, 0.3) is 0 Å². The minimum atomic E-state index is -0.641. The molecule has 0 fully saturated rings. The number of benzene rings is 1. The van der Waals surface area contributed by atoms with Crippen molar-refractivity contribution in [2.75, 3.05) is 0 Å². The van der Waals surface area contributed by atoms with Crippen LogP contribution in [0.15, 0.2) is 18.2 Å². The molecule has 0 aliphatic heterocycles. The van der Waals surface area contributed by atoms with Gasteiger partial charge >= 0.3 is 6.16 Å². The van der Waals surface area contributed by atoms with E-state index in [1.165, 1.54) is 24.0 Å². The van der Waals surface area contributed by atoms with E-state index in [2.05, 4.69) is 0 Å². The fourth-order valence-electron chi connectivity index (χ4n) is 2.14. The summed E-state index contributed by atoms with van der Waals surface area (Å²) < 4.78 is 10.3. The summed E-state index contributed by atoms with van der Waals surface area (Å²) in [7, 11) is 0. The number of hydrogen-bond acceptors (Lipinski definition) is 3. The van der Waals surface area contributed by atoms with Crippen LogP contribution in [-0.2, 0) is 17.6 Å². The lowest BCUT2D eigenvalue weighted by Gasteiger charge is -2.20. The average molecular weight is 248 g/mol. The predicted molar refractivity (Wildman–Crippen MR) is 69.9 cm³/mol. The molecule has 0 unspecified atom stereocenters. The summed E-state index contributed by atoms with van der Waals surface area (Å²) in [5.41, 5.74) is 2.14. The first-order valence-corrected chi connectivity index (χ1v) is 6.47. The molecule has 0 saturated carbocycles. The van der Waals surface area contributed by atoms with Crippen molar-refractivity contribution in [2.24, 2.45) is 0 Å². The van der Waals surface area contributed by atoms with Gasteiger partial charge in [0.15, 0.2) is 0 Å². The zero-order chi connectivity index (χ0) is 13.2. The van der Waals surface area contributed by atoms with Gasteiger partial charge in [0.2, 0.25) is 0 Å². The Morgan fingerprint density at radius 3 is 2.44 bits per heavy atom. The Morgan fingerprint density at radius 2 is 1.78 bits per heavy atom. The molecule has 1 aliphatic carbocycles. The molecule has 0 heterocycles. The smallest absolute Gasteiger partial charge is 0.428 e. The summed E-state index contributed by atoms with van der Waals surface area (Å²) in [5.74, 6) is 0.574. The molecule has 1 aromatic rings. The van der Waals surface area contributed by atoms with E-state index in [0.717, 1.165) is 12.8 Å². The first kappa shape index (κ1) is 12.9. The van der Waals surface area contributed by atoms with Crippen LogP contribution in [0.2, 0.25) is 0 Å². The molecule has 0 saturated heterocycles. The molecule has 3 nitrogen and oxygen atoms in total. The van der Waals surface area contributed by atoms with E-state index >= 15 is 0 Å². The molecule has 2 rings (SSSR count). The summed E-state index contributed by atoms with van der Waals surface area (Å²) in [5, 5.41) is 0. The van der Waals surface area contributed by atoms with Crippen molar-refractivity contribution < 1.29 is 14.3 Å². The van der Waals surface area contributed by atoms with E-state index in [-0.39, 0.29) is 0 Å². The van der Waals surface area contributed by atoms with Crippen molar-refractivity contribution in [3.63, 3.8) is 0 Å². The van der Waals surface area contributed by atoms with E-state index in [1.807, 2.05) is 39.0 Å². The zero-order valence-electron chi connectivity index (χ0n) is 11.3. The van der Waals surface area contributed by atoms with Crippen LogP contribution >= 0.6 is 0 Å². The van der Waals surface area contributed by atoms with Crippen molar-refractivity contribution in [3.8, 4) is 5.75 Å². The Kier molecular flexibility index (Phi) is 3.60. The largest absolute Gasteiger partial charge is 0.514 e. The number of carbonyl (C=O) groups excluding carboxylic acids is 1. The minimum absolute atomic E-state index is 0.523. The highest BCUT2D eigenvalue weighted by Crippen LogP contribution is 2.25. The monoisotopic (exact) mass is 248 g/mol. The maximum atomic E-state index is 11.6. The standard InChI is InChI=1S/C15H20O3/c1-15(2,3)18-14(16)17-13-9-8-11-6-4-5-7-12(11)10-13/h8-10H,4-7H2,1-3H3. The van der Waals surface area contributed by atoms with Gasteiger partial charge in [-0.15, -0.1) is 0 Å². The van der Waals surface area contributed by atoms with Gasteiger partial charge in [-0.3, -0.25) is 0 Å². The highest BCUT2D eigenvalue weighted by molar-refractivity contribution is 5.64. The van der Waals surface area contributed by atoms with Crippen molar-refractivity contribution in [3.05, 3.63) is 29.3 Å². The van der Waals surface area contributed by atoms with Crippen LogP contribution < -0.4 is 4.74 Å². The van der Waals surface area contributed by atoms with Crippen LogP contribution in [0.1, 0.15) is 44.7 Å². The molecule has 0 N–H and O–H groups in total. The SMILES string of the molecule is CC(C)(C)OC(=O)Oc1ccc2c(c1)CCCC2. The lowest BCUT2D eigenvalue weighted by Crippen LogP contribution is -2.26. The topological polar surface area (TPSA) is 35.5 Å². The van der Waals surface area contributed by atoms with Crippen molar-refractivity contribution in [2.45, 2.75) is 52.1 Å². The third kappa shape index (κ3) is 3.49. The Labute approximate surface area is 108 Å². The third-order valence-corrected chi connectivity index (χ3v) is 2.91. The number of fused-ring (bicyclic) bond motifs is 1. The Bertz CT molecular complexity index is 444. The molecule has 18 heavy (non-hydrogen) atoms. The Morgan fingerprint density at radius 1 is 1.11 bits per heavy atom. The van der Waals surface area contributed by atoms with E-state index < -0.39 is 11.8 Å². The highest BCUT2D eigenvalue weighted by atomic mass is 16.7. The fourth-order valence-corrected chi connectivity index (χ4v) is 2.14. The molecule has 0 atom stereocenters. The van der Waals surface area contributed by atoms with Crippen LogP contribution in [-0.4, -0.2) is 11.8 Å².